The molecule has 6 aromatic carbocycles. The predicted octanol–water partition coefficient (Wildman–Crippen LogP) is 9.07. The first-order valence-corrected chi connectivity index (χ1v) is 17.1. The summed E-state index contributed by atoms with van der Waals surface area (Å²) in [4.78, 5) is 22.8. The van der Waals surface area contributed by atoms with Crippen LogP contribution in [-0.2, 0) is 14.1 Å². The molecule has 2 aromatic heterocycles. The van der Waals surface area contributed by atoms with Gasteiger partial charge in [0, 0.05) is 45.4 Å². The van der Waals surface area contributed by atoms with Crippen molar-refractivity contribution in [2.24, 2.45) is 24.1 Å². The molecule has 1 aliphatic rings. The fraction of sp³-hybridized carbons (Fsp3) is 0.0714. The Hall–Kier alpha value is -6.05. The summed E-state index contributed by atoms with van der Waals surface area (Å²) in [6.07, 6.45) is -0.305. The van der Waals surface area contributed by atoms with Crippen LogP contribution in [0.15, 0.2) is 154 Å². The van der Waals surface area contributed by atoms with Crippen LogP contribution in [0, 0.1) is 0 Å². The highest BCUT2D eigenvalue weighted by Gasteiger charge is 2.22. The zero-order valence-electron chi connectivity index (χ0n) is 27.0. The molecular weight excluding hydrogens is 623 g/mol. The zero-order chi connectivity index (χ0) is 33.1. The van der Waals surface area contributed by atoms with Gasteiger partial charge < -0.3 is 5.32 Å². The monoisotopic (exact) mass is 653 g/mol. The molecule has 0 amide bonds. The van der Waals surface area contributed by atoms with E-state index in [0.717, 1.165) is 50.2 Å². The maximum Gasteiger partial charge on any atom is 0.328 e. The lowest BCUT2D eigenvalue weighted by atomic mass is 10.0. The Morgan fingerprint density at radius 3 is 2.04 bits per heavy atom. The minimum atomic E-state index is -0.305. The van der Waals surface area contributed by atoms with Crippen LogP contribution in [-0.4, -0.2) is 20.8 Å². The Morgan fingerprint density at radius 2 is 1.20 bits per heavy atom. The van der Waals surface area contributed by atoms with Gasteiger partial charge in [0.2, 0.25) is 0 Å². The Bertz CT molecular complexity index is 2700. The molecule has 9 rings (SSSR count). The molecule has 0 radical (unpaired) electrons. The number of hydrogen-bond donors (Lipinski definition) is 1. The number of fused-ring (bicyclic) bond motifs is 4. The molecule has 1 aliphatic heterocycles. The second kappa shape index (κ2) is 11.6. The number of imidazole rings is 1. The van der Waals surface area contributed by atoms with Crippen LogP contribution in [0.2, 0.25) is 0 Å². The molecule has 0 saturated carbocycles. The fourth-order valence-electron chi connectivity index (χ4n) is 6.81. The van der Waals surface area contributed by atoms with E-state index in [1.165, 1.54) is 25.7 Å². The molecule has 1 N–H and O–H groups in total. The van der Waals surface area contributed by atoms with Crippen molar-refractivity contribution in [3.8, 4) is 22.3 Å². The molecule has 0 spiro atoms. The summed E-state index contributed by atoms with van der Waals surface area (Å²) in [5.41, 5.74) is 9.11. The molecular formula is C42H31N5OS. The Labute approximate surface area is 287 Å². The van der Waals surface area contributed by atoms with E-state index in [4.69, 9.17) is 9.98 Å². The van der Waals surface area contributed by atoms with Crippen LogP contribution in [0.5, 0.6) is 0 Å². The highest BCUT2D eigenvalue weighted by molar-refractivity contribution is 7.25. The Morgan fingerprint density at radius 1 is 0.571 bits per heavy atom. The number of aryl methyl sites for hydroxylation is 2. The van der Waals surface area contributed by atoms with Crippen LogP contribution in [0.1, 0.15) is 22.9 Å². The molecule has 6 nitrogen and oxygen atoms in total. The fourth-order valence-corrected chi connectivity index (χ4v) is 7.95. The van der Waals surface area contributed by atoms with Gasteiger partial charge in [-0.1, -0.05) is 103 Å². The molecule has 1 atom stereocenters. The van der Waals surface area contributed by atoms with Gasteiger partial charge in [0.05, 0.1) is 11.0 Å². The van der Waals surface area contributed by atoms with Crippen molar-refractivity contribution in [3.63, 3.8) is 0 Å². The first-order chi connectivity index (χ1) is 24.0. The molecule has 49 heavy (non-hydrogen) atoms. The number of hydrogen-bond acceptors (Lipinski definition) is 5. The van der Waals surface area contributed by atoms with E-state index in [2.05, 4.69) is 121 Å². The number of thiophene rings is 1. The lowest BCUT2D eigenvalue weighted by molar-refractivity contribution is 0.674. The molecule has 0 aliphatic carbocycles. The van der Waals surface area contributed by atoms with Crippen LogP contribution in [0.3, 0.4) is 0 Å². The van der Waals surface area contributed by atoms with E-state index in [1.54, 1.807) is 16.2 Å². The summed E-state index contributed by atoms with van der Waals surface area (Å²) < 4.78 is 5.95. The first-order valence-electron chi connectivity index (χ1n) is 16.3. The smallest absolute Gasteiger partial charge is 0.328 e. The van der Waals surface area contributed by atoms with Crippen molar-refractivity contribution in [1.29, 1.82) is 0 Å². The van der Waals surface area contributed by atoms with Crippen molar-refractivity contribution in [1.82, 2.24) is 14.5 Å². The van der Waals surface area contributed by atoms with Gasteiger partial charge in [0.1, 0.15) is 12.0 Å². The van der Waals surface area contributed by atoms with Crippen molar-refractivity contribution >= 4 is 54.2 Å². The van der Waals surface area contributed by atoms with Gasteiger partial charge >= 0.3 is 5.69 Å². The average molecular weight is 654 g/mol. The van der Waals surface area contributed by atoms with E-state index >= 15 is 0 Å². The number of nitrogens with zero attached hydrogens (tertiary/aromatic N) is 4. The van der Waals surface area contributed by atoms with E-state index in [0.29, 0.717) is 5.84 Å². The van der Waals surface area contributed by atoms with E-state index in [-0.39, 0.29) is 11.9 Å². The van der Waals surface area contributed by atoms with Crippen molar-refractivity contribution < 1.29 is 0 Å². The van der Waals surface area contributed by atoms with Gasteiger partial charge in [0.15, 0.2) is 5.84 Å². The maximum atomic E-state index is 12.6. The minimum absolute atomic E-state index is 0.0369. The van der Waals surface area contributed by atoms with Crippen molar-refractivity contribution in [2.75, 3.05) is 0 Å². The Kier molecular flexibility index (Phi) is 6.88. The number of benzene rings is 6. The first kappa shape index (κ1) is 29.1. The van der Waals surface area contributed by atoms with Gasteiger partial charge in [0.25, 0.3) is 0 Å². The third-order valence-corrected chi connectivity index (χ3v) is 10.6. The van der Waals surface area contributed by atoms with E-state index < -0.39 is 0 Å². The van der Waals surface area contributed by atoms with Gasteiger partial charge in [-0.25, -0.2) is 14.8 Å². The number of aliphatic imine (C=N–C) groups is 2. The van der Waals surface area contributed by atoms with Crippen LogP contribution in [0.25, 0.3) is 53.5 Å². The van der Waals surface area contributed by atoms with Gasteiger partial charge in [-0.3, -0.25) is 9.13 Å². The quantitative estimate of drug-likeness (QED) is 0.201. The summed E-state index contributed by atoms with van der Waals surface area (Å²) in [6, 6.07) is 48.7. The topological polar surface area (TPSA) is 63.7 Å². The SMILES string of the molecule is Cn1c(=O)n(C)c2cc(-c3cccc(C4=NC(c5cccc(-c6ccc7c(c6)sc6ccccc67)c5)=NC(c5ccccc5)N4)c3)ccc21. The highest BCUT2D eigenvalue weighted by atomic mass is 32.1. The summed E-state index contributed by atoms with van der Waals surface area (Å²) in [6.45, 7) is 0. The third kappa shape index (κ3) is 5.07. The summed E-state index contributed by atoms with van der Waals surface area (Å²) in [7, 11) is 3.62. The number of rotatable bonds is 5. The summed E-state index contributed by atoms with van der Waals surface area (Å²) in [5, 5.41) is 6.20. The maximum absolute atomic E-state index is 12.6. The predicted molar refractivity (Wildman–Crippen MR) is 204 cm³/mol. The van der Waals surface area contributed by atoms with Crippen molar-refractivity contribution in [2.45, 2.75) is 6.17 Å². The number of amidine groups is 2. The van der Waals surface area contributed by atoms with Crippen LogP contribution >= 0.6 is 11.3 Å². The normalized spacial score (nSPS) is 14.6. The lowest BCUT2D eigenvalue weighted by Crippen LogP contribution is -2.33. The summed E-state index contributed by atoms with van der Waals surface area (Å²) in [5.74, 6) is 1.43. The van der Waals surface area contributed by atoms with Crippen LogP contribution in [0.4, 0.5) is 0 Å². The molecule has 0 bridgehead atoms. The Balaban J connectivity index is 1.11. The average Bonchev–Trinajstić information content (AvgIpc) is 3.64. The highest BCUT2D eigenvalue weighted by Crippen LogP contribution is 2.36. The molecule has 3 heterocycles. The molecule has 0 fully saturated rings. The molecule has 8 aromatic rings. The van der Waals surface area contributed by atoms with Gasteiger partial charge in [-0.05, 0) is 64.2 Å². The largest absolute Gasteiger partial charge is 0.344 e. The zero-order valence-corrected chi connectivity index (χ0v) is 27.8. The molecule has 1 unspecified atom stereocenters. The van der Waals surface area contributed by atoms with E-state index in [1.807, 2.05) is 42.6 Å². The number of nitrogens with one attached hydrogen (secondary N) is 1. The van der Waals surface area contributed by atoms with Crippen molar-refractivity contribution in [3.05, 3.63) is 167 Å². The molecule has 0 saturated heterocycles. The standard InChI is InChI=1S/C42H31N5OS/c1-46-35-21-19-29(24-36(35)47(2)42(46)48)27-12-8-14-31(22-27)40-43-39(26-10-4-3-5-11-26)44-41(45-40)32-15-9-13-28(23-32)30-18-20-34-33-16-6-7-17-37(33)49-38(34)25-30/h3-25,39H,1-2H3,(H,43,44,45). The molecule has 7 heteroatoms. The summed E-state index contributed by atoms with van der Waals surface area (Å²) >= 11 is 1.83. The molecule has 236 valence electrons. The van der Waals surface area contributed by atoms with E-state index in [9.17, 15) is 4.79 Å². The van der Waals surface area contributed by atoms with Gasteiger partial charge in [-0.15, -0.1) is 11.3 Å². The van der Waals surface area contributed by atoms with Gasteiger partial charge in [-0.2, -0.15) is 0 Å². The third-order valence-electron chi connectivity index (χ3n) is 9.43. The lowest BCUT2D eigenvalue weighted by Gasteiger charge is -2.24. The number of aromatic nitrogens is 2. The second-order valence-corrected chi connectivity index (χ2v) is 13.5. The minimum Gasteiger partial charge on any atom is -0.344 e. The van der Waals surface area contributed by atoms with Crippen LogP contribution < -0.4 is 11.0 Å². The second-order valence-electron chi connectivity index (χ2n) is 12.4.